The van der Waals surface area contributed by atoms with Crippen LogP contribution in [0, 0.1) is 6.92 Å². The maximum atomic E-state index is 12.7. The molecule has 0 N–H and O–H groups in total. The normalized spacial score (nSPS) is 18.7. The fourth-order valence-corrected chi connectivity index (χ4v) is 5.89. The van der Waals surface area contributed by atoms with Crippen molar-refractivity contribution in [2.75, 3.05) is 43.9 Å². The Morgan fingerprint density at radius 3 is 2.53 bits per heavy atom. The van der Waals surface area contributed by atoms with Gasteiger partial charge in [0.1, 0.15) is 22.7 Å². The van der Waals surface area contributed by atoms with Crippen LogP contribution in [0.5, 0.6) is 11.5 Å². The molecule has 2 aliphatic heterocycles. The minimum Gasteiger partial charge on any atom is -0.452 e. The maximum Gasteiger partial charge on any atom is 0.410 e. The van der Waals surface area contributed by atoms with Crippen molar-refractivity contribution < 1.29 is 23.2 Å². The Balaban J connectivity index is 1.34. The topological polar surface area (TPSA) is 125 Å². The molecule has 3 aromatic heterocycles. The van der Waals surface area contributed by atoms with Gasteiger partial charge in [0, 0.05) is 45.2 Å². The van der Waals surface area contributed by atoms with Gasteiger partial charge in [-0.2, -0.15) is 5.10 Å². The molecule has 13 heteroatoms. The van der Waals surface area contributed by atoms with E-state index < -0.39 is 16.4 Å². The molecular weight excluding hydrogens is 570 g/mol. The number of anilines is 1. The summed E-state index contributed by atoms with van der Waals surface area (Å²) in [5.41, 5.74) is 1.80. The van der Waals surface area contributed by atoms with Crippen molar-refractivity contribution in [1.29, 1.82) is 0 Å². The zero-order valence-corrected chi connectivity index (χ0v) is 26.0. The van der Waals surface area contributed by atoms with E-state index in [-0.39, 0.29) is 17.5 Å². The van der Waals surface area contributed by atoms with E-state index in [9.17, 15) is 9.00 Å². The fourth-order valence-electron chi connectivity index (χ4n) is 5.45. The number of piperazine rings is 1. The molecule has 12 nitrogen and oxygen atoms in total. The molecular formula is C30H37N7O5S. The molecule has 6 rings (SSSR count). The number of nitrogens with zero attached hydrogens (tertiary/aromatic N) is 7. The number of carbonyl (C=O) groups excluding carboxylic acids is 1. The van der Waals surface area contributed by atoms with Crippen molar-refractivity contribution in [2.24, 2.45) is 0 Å². The number of amides is 1. The van der Waals surface area contributed by atoms with Gasteiger partial charge in [-0.3, -0.25) is 9.19 Å². The smallest absolute Gasteiger partial charge is 0.410 e. The first-order valence-corrected chi connectivity index (χ1v) is 16.1. The molecule has 2 unspecified atom stereocenters. The van der Waals surface area contributed by atoms with Gasteiger partial charge in [0.2, 0.25) is 5.16 Å². The lowest BCUT2D eigenvalue weighted by Gasteiger charge is -2.36. The number of aromatic nitrogens is 5. The number of ether oxygens (including phenoxy) is 3. The third-order valence-corrected chi connectivity index (χ3v) is 8.29. The van der Waals surface area contributed by atoms with E-state index in [0.29, 0.717) is 54.4 Å². The van der Waals surface area contributed by atoms with Gasteiger partial charge in [-0.25, -0.2) is 19.4 Å². The van der Waals surface area contributed by atoms with E-state index in [1.165, 1.54) is 0 Å². The Bertz CT molecular complexity index is 1690. The summed E-state index contributed by atoms with van der Waals surface area (Å²) >= 11 is 0. The van der Waals surface area contributed by atoms with Crippen molar-refractivity contribution >= 4 is 44.5 Å². The lowest BCUT2D eigenvalue weighted by Crippen LogP contribution is -2.50. The van der Waals surface area contributed by atoms with Gasteiger partial charge >= 0.3 is 6.09 Å². The molecule has 43 heavy (non-hydrogen) atoms. The second-order valence-electron chi connectivity index (χ2n) is 11.9. The second kappa shape index (κ2) is 11.7. The number of carbonyl (C=O) groups is 1. The van der Waals surface area contributed by atoms with Gasteiger partial charge in [-0.1, -0.05) is 6.07 Å². The van der Waals surface area contributed by atoms with Gasteiger partial charge in [-0.15, -0.1) is 0 Å². The van der Waals surface area contributed by atoms with E-state index in [1.807, 2.05) is 50.7 Å². The number of benzene rings is 1. The van der Waals surface area contributed by atoms with E-state index in [4.69, 9.17) is 14.2 Å². The highest BCUT2D eigenvalue weighted by Crippen LogP contribution is 2.38. The maximum absolute atomic E-state index is 12.7. The standard InChI is InChI=1S/C30H37N7O5S/c1-19-9-10-22-20(17-32-37(22)24-8-6-7-15-40-24)26(19)41-23-18-31-16-21-25(23)33-28(43(5)39)34-27(21)35-11-13-36(14-12-35)29(38)42-30(2,3)4/h9-10,16-18,24H,6-8,11-15H2,1-5H3. The Morgan fingerprint density at radius 2 is 1.84 bits per heavy atom. The summed E-state index contributed by atoms with van der Waals surface area (Å²) < 4.78 is 32.7. The highest BCUT2D eigenvalue weighted by molar-refractivity contribution is 7.84. The monoisotopic (exact) mass is 607 g/mol. The van der Waals surface area contributed by atoms with Crippen LogP contribution >= 0.6 is 0 Å². The largest absolute Gasteiger partial charge is 0.452 e. The van der Waals surface area contributed by atoms with Crippen LogP contribution in [0.4, 0.5) is 10.6 Å². The first-order valence-electron chi connectivity index (χ1n) is 14.6. The molecule has 0 aliphatic carbocycles. The second-order valence-corrected chi connectivity index (χ2v) is 13.2. The molecule has 1 amide bonds. The molecule has 2 saturated heterocycles. The summed E-state index contributed by atoms with van der Waals surface area (Å²) in [5, 5.41) is 6.40. The zero-order chi connectivity index (χ0) is 30.3. The highest BCUT2D eigenvalue weighted by Gasteiger charge is 2.28. The minimum atomic E-state index is -1.44. The van der Waals surface area contributed by atoms with E-state index in [1.54, 1.807) is 23.5 Å². The molecule has 0 bridgehead atoms. The van der Waals surface area contributed by atoms with Crippen molar-refractivity contribution in [3.63, 3.8) is 0 Å². The first-order chi connectivity index (χ1) is 20.6. The third-order valence-electron chi connectivity index (χ3n) is 7.59. The molecule has 1 aromatic carbocycles. The first kappa shape index (κ1) is 29.2. The lowest BCUT2D eigenvalue weighted by atomic mass is 10.1. The fraction of sp³-hybridized carbons (Fsp3) is 0.500. The lowest BCUT2D eigenvalue weighted by molar-refractivity contribution is -0.0366. The van der Waals surface area contributed by atoms with E-state index in [0.717, 1.165) is 42.3 Å². The molecule has 5 heterocycles. The summed E-state index contributed by atoms with van der Waals surface area (Å²) in [6.45, 7) is 10.2. The number of fused-ring (bicyclic) bond motifs is 2. The number of hydrogen-bond acceptors (Lipinski definition) is 10. The molecule has 2 fully saturated rings. The average molecular weight is 608 g/mol. The number of pyridine rings is 1. The number of hydrogen-bond donors (Lipinski definition) is 0. The predicted molar refractivity (Wildman–Crippen MR) is 163 cm³/mol. The third kappa shape index (κ3) is 6.00. The van der Waals surface area contributed by atoms with Crippen LogP contribution in [0.15, 0.2) is 35.9 Å². The zero-order valence-electron chi connectivity index (χ0n) is 25.2. The number of aryl methyl sites for hydroxylation is 1. The Morgan fingerprint density at radius 1 is 1.05 bits per heavy atom. The van der Waals surface area contributed by atoms with Crippen LogP contribution in [0.1, 0.15) is 51.8 Å². The molecule has 2 aliphatic rings. The van der Waals surface area contributed by atoms with Crippen LogP contribution in [0.2, 0.25) is 0 Å². The summed E-state index contributed by atoms with van der Waals surface area (Å²) in [5.74, 6) is 1.69. The molecule has 0 saturated carbocycles. The molecule has 0 radical (unpaired) electrons. The Kier molecular flexibility index (Phi) is 7.94. The van der Waals surface area contributed by atoms with E-state index >= 15 is 0 Å². The van der Waals surface area contributed by atoms with Crippen LogP contribution in [0.3, 0.4) is 0 Å². The van der Waals surface area contributed by atoms with Crippen molar-refractivity contribution in [3.8, 4) is 11.5 Å². The quantitative estimate of drug-likeness (QED) is 0.287. The van der Waals surface area contributed by atoms with Crippen molar-refractivity contribution in [3.05, 3.63) is 36.3 Å². The summed E-state index contributed by atoms with van der Waals surface area (Å²) in [4.78, 5) is 30.2. The highest BCUT2D eigenvalue weighted by atomic mass is 32.2. The Labute approximate surface area is 252 Å². The summed E-state index contributed by atoms with van der Waals surface area (Å²) in [6, 6.07) is 4.05. The molecule has 228 valence electrons. The summed E-state index contributed by atoms with van der Waals surface area (Å²) in [6.07, 6.45) is 9.32. The molecule has 2 atom stereocenters. The van der Waals surface area contributed by atoms with Gasteiger partial charge in [0.05, 0.1) is 39.5 Å². The summed E-state index contributed by atoms with van der Waals surface area (Å²) in [7, 11) is -1.44. The minimum absolute atomic E-state index is 0.103. The Hall–Kier alpha value is -3.84. The van der Waals surface area contributed by atoms with Crippen LogP contribution in [0.25, 0.3) is 21.8 Å². The van der Waals surface area contributed by atoms with E-state index in [2.05, 4.69) is 25.0 Å². The van der Waals surface area contributed by atoms with Gasteiger partial charge in [0.25, 0.3) is 0 Å². The van der Waals surface area contributed by atoms with Crippen LogP contribution < -0.4 is 9.64 Å². The van der Waals surface area contributed by atoms with Gasteiger partial charge in [0.15, 0.2) is 12.0 Å². The van der Waals surface area contributed by atoms with Crippen molar-refractivity contribution in [1.82, 2.24) is 29.6 Å². The molecule has 0 spiro atoms. The van der Waals surface area contributed by atoms with Gasteiger partial charge < -0.3 is 24.0 Å². The predicted octanol–water partition coefficient (Wildman–Crippen LogP) is 4.97. The van der Waals surface area contributed by atoms with Crippen molar-refractivity contribution in [2.45, 2.75) is 63.9 Å². The van der Waals surface area contributed by atoms with Gasteiger partial charge in [-0.05, 0) is 58.6 Å². The number of rotatable bonds is 5. The average Bonchev–Trinajstić information content (AvgIpc) is 3.42. The van der Waals surface area contributed by atoms with Crippen LogP contribution in [-0.4, -0.2) is 84.6 Å². The van der Waals surface area contributed by atoms with Crippen LogP contribution in [-0.2, 0) is 20.3 Å². The molecule has 4 aromatic rings. The SMILES string of the molecule is Cc1ccc2c(cnn2C2CCCCO2)c1Oc1cncc2c(N3CCN(C(=O)OC(C)(C)C)CC3)nc(S(C)=O)nc12.